The Bertz CT molecular complexity index is 1240. The van der Waals surface area contributed by atoms with E-state index in [-0.39, 0.29) is 30.4 Å². The number of amides is 2. The number of alkyl carbamates (subject to hydrolysis) is 1. The van der Waals surface area contributed by atoms with Crippen LogP contribution in [0.4, 0.5) is 10.5 Å². The van der Waals surface area contributed by atoms with Crippen molar-refractivity contribution in [2.45, 2.75) is 30.7 Å². The van der Waals surface area contributed by atoms with Gasteiger partial charge in [-0.2, -0.15) is 0 Å². The summed E-state index contributed by atoms with van der Waals surface area (Å²) >= 11 is 0. The van der Waals surface area contributed by atoms with Crippen molar-refractivity contribution in [2.75, 3.05) is 11.9 Å². The molecule has 0 bridgehead atoms. The number of pyridine rings is 1. The maximum atomic E-state index is 12.6. The van der Waals surface area contributed by atoms with Gasteiger partial charge in [-0.1, -0.05) is 48.5 Å². The number of carbonyl (C=O) groups excluding carboxylic acids is 2. The monoisotopic (exact) mass is 457 g/mol. The van der Waals surface area contributed by atoms with Gasteiger partial charge in [-0.25, -0.2) is 9.59 Å². The van der Waals surface area contributed by atoms with Crippen molar-refractivity contribution in [3.8, 4) is 11.1 Å². The molecule has 0 aliphatic heterocycles. The van der Waals surface area contributed by atoms with E-state index in [0.717, 1.165) is 22.3 Å². The van der Waals surface area contributed by atoms with Crippen LogP contribution in [0.1, 0.15) is 46.7 Å². The largest absolute Gasteiger partial charge is 0.478 e. The first-order valence-electron chi connectivity index (χ1n) is 11.1. The number of fused-ring (bicyclic) bond motifs is 3. The van der Waals surface area contributed by atoms with Gasteiger partial charge in [-0.3, -0.25) is 9.78 Å². The number of hydrogen-bond acceptors (Lipinski definition) is 5. The number of carboxylic acids is 1. The van der Waals surface area contributed by atoms with E-state index in [4.69, 9.17) is 9.84 Å². The molecule has 1 fully saturated rings. The highest BCUT2D eigenvalue weighted by Crippen LogP contribution is 2.44. The molecule has 5 rings (SSSR count). The molecule has 8 nitrogen and oxygen atoms in total. The van der Waals surface area contributed by atoms with Gasteiger partial charge in [0.1, 0.15) is 6.61 Å². The number of hydrogen-bond donors (Lipinski definition) is 3. The molecule has 172 valence electrons. The SMILES string of the molecule is O=C(CC1(NC(=O)OCC2c3ccccc3-c3ccccc32)CC1)Nc1cncc(C(=O)O)c1. The summed E-state index contributed by atoms with van der Waals surface area (Å²) in [6.07, 6.45) is 3.42. The van der Waals surface area contributed by atoms with Crippen LogP contribution in [0.25, 0.3) is 11.1 Å². The van der Waals surface area contributed by atoms with Gasteiger partial charge in [0.2, 0.25) is 5.91 Å². The van der Waals surface area contributed by atoms with Gasteiger partial charge >= 0.3 is 12.1 Å². The lowest BCUT2D eigenvalue weighted by Gasteiger charge is -2.19. The van der Waals surface area contributed by atoms with Crippen LogP contribution < -0.4 is 10.6 Å². The number of anilines is 1. The molecule has 34 heavy (non-hydrogen) atoms. The molecule has 2 amide bonds. The number of rotatable bonds is 7. The third kappa shape index (κ3) is 4.34. The van der Waals surface area contributed by atoms with Crippen LogP contribution in [0.3, 0.4) is 0 Å². The second kappa shape index (κ2) is 8.62. The number of nitrogens with zero attached hydrogens (tertiary/aromatic N) is 1. The third-order valence-electron chi connectivity index (χ3n) is 6.33. The molecular formula is C26H23N3O5. The minimum Gasteiger partial charge on any atom is -0.478 e. The second-order valence-corrected chi connectivity index (χ2v) is 8.72. The molecule has 0 atom stereocenters. The van der Waals surface area contributed by atoms with E-state index in [9.17, 15) is 14.4 Å². The Labute approximate surface area is 196 Å². The molecule has 1 saturated carbocycles. The average Bonchev–Trinajstić information content (AvgIpc) is 3.49. The summed E-state index contributed by atoms with van der Waals surface area (Å²) in [7, 11) is 0. The van der Waals surface area contributed by atoms with Crippen molar-refractivity contribution in [1.82, 2.24) is 10.3 Å². The van der Waals surface area contributed by atoms with E-state index < -0.39 is 17.6 Å². The number of aromatic nitrogens is 1. The highest BCUT2D eigenvalue weighted by atomic mass is 16.5. The Morgan fingerprint density at radius 2 is 1.65 bits per heavy atom. The number of carboxylic acid groups (broad SMARTS) is 1. The predicted molar refractivity (Wildman–Crippen MR) is 125 cm³/mol. The molecule has 3 N–H and O–H groups in total. The minimum absolute atomic E-state index is 0.0179. The lowest BCUT2D eigenvalue weighted by molar-refractivity contribution is -0.116. The van der Waals surface area contributed by atoms with Crippen molar-refractivity contribution in [3.63, 3.8) is 0 Å². The summed E-state index contributed by atoms with van der Waals surface area (Å²) < 4.78 is 5.60. The van der Waals surface area contributed by atoms with Gasteiger partial charge in [-0.05, 0) is 41.2 Å². The molecule has 2 aliphatic rings. The molecule has 1 heterocycles. The van der Waals surface area contributed by atoms with Crippen molar-refractivity contribution >= 4 is 23.7 Å². The van der Waals surface area contributed by atoms with Gasteiger partial charge in [-0.15, -0.1) is 0 Å². The zero-order valence-electron chi connectivity index (χ0n) is 18.3. The molecule has 0 spiro atoms. The molecule has 2 aliphatic carbocycles. The molecule has 2 aromatic carbocycles. The smallest absolute Gasteiger partial charge is 0.407 e. The van der Waals surface area contributed by atoms with Crippen molar-refractivity contribution < 1.29 is 24.2 Å². The zero-order chi connectivity index (χ0) is 23.7. The Kier molecular flexibility index (Phi) is 5.49. The van der Waals surface area contributed by atoms with Crippen LogP contribution in [0.2, 0.25) is 0 Å². The Balaban J connectivity index is 1.18. The topological polar surface area (TPSA) is 118 Å². The van der Waals surface area contributed by atoms with Crippen LogP contribution in [0.5, 0.6) is 0 Å². The average molecular weight is 457 g/mol. The first kappa shape index (κ1) is 21.6. The lowest BCUT2D eigenvalue weighted by Crippen LogP contribution is -2.40. The van der Waals surface area contributed by atoms with E-state index >= 15 is 0 Å². The van der Waals surface area contributed by atoms with E-state index in [1.165, 1.54) is 18.5 Å². The second-order valence-electron chi connectivity index (χ2n) is 8.72. The molecule has 0 unspecified atom stereocenters. The summed E-state index contributed by atoms with van der Waals surface area (Å²) in [5.41, 5.74) is 4.21. The van der Waals surface area contributed by atoms with Crippen LogP contribution in [-0.4, -0.2) is 40.2 Å². The zero-order valence-corrected chi connectivity index (χ0v) is 18.3. The maximum absolute atomic E-state index is 12.6. The predicted octanol–water partition coefficient (Wildman–Crippen LogP) is 4.18. The van der Waals surface area contributed by atoms with Crippen molar-refractivity contribution in [3.05, 3.63) is 83.7 Å². The fourth-order valence-corrected chi connectivity index (χ4v) is 4.49. The van der Waals surface area contributed by atoms with Crippen LogP contribution >= 0.6 is 0 Å². The summed E-state index contributed by atoms with van der Waals surface area (Å²) in [5.74, 6) is -1.49. The number of aromatic carboxylic acids is 1. The molecule has 3 aromatic rings. The standard InChI is InChI=1S/C26H23N3O5/c30-23(28-17-11-16(24(31)32)13-27-14-17)12-26(9-10-26)29-25(33)34-15-22-20-7-3-1-5-18(20)19-6-2-4-8-21(19)22/h1-8,11,13-14,22H,9-10,12,15H2,(H,28,30)(H,29,33)(H,31,32). The van der Waals surface area contributed by atoms with E-state index in [1.807, 2.05) is 24.3 Å². The highest BCUT2D eigenvalue weighted by molar-refractivity contribution is 5.94. The number of benzene rings is 2. The quantitative estimate of drug-likeness (QED) is 0.490. The van der Waals surface area contributed by atoms with Gasteiger partial charge < -0.3 is 20.5 Å². The highest BCUT2D eigenvalue weighted by Gasteiger charge is 2.46. The lowest BCUT2D eigenvalue weighted by atomic mass is 9.98. The van der Waals surface area contributed by atoms with Crippen molar-refractivity contribution in [1.29, 1.82) is 0 Å². The summed E-state index contributed by atoms with van der Waals surface area (Å²) in [4.78, 5) is 40.0. The van der Waals surface area contributed by atoms with Gasteiger partial charge in [0.15, 0.2) is 0 Å². The van der Waals surface area contributed by atoms with Crippen molar-refractivity contribution in [2.24, 2.45) is 0 Å². The maximum Gasteiger partial charge on any atom is 0.407 e. The third-order valence-corrected chi connectivity index (χ3v) is 6.33. The Morgan fingerprint density at radius 1 is 1.00 bits per heavy atom. The van der Waals surface area contributed by atoms with E-state index in [1.54, 1.807) is 0 Å². The Hall–Kier alpha value is -4.20. The fraction of sp³-hybridized carbons (Fsp3) is 0.231. The first-order chi connectivity index (χ1) is 16.4. The summed E-state index contributed by atoms with van der Waals surface area (Å²) in [5, 5.41) is 14.6. The van der Waals surface area contributed by atoms with Gasteiger partial charge in [0, 0.05) is 12.1 Å². The molecule has 0 saturated heterocycles. The van der Waals surface area contributed by atoms with E-state index in [2.05, 4.69) is 39.9 Å². The molecule has 8 heteroatoms. The summed E-state index contributed by atoms with van der Waals surface area (Å²) in [6, 6.07) is 17.6. The van der Waals surface area contributed by atoms with Crippen LogP contribution in [-0.2, 0) is 9.53 Å². The molecular weight excluding hydrogens is 434 g/mol. The van der Waals surface area contributed by atoms with Gasteiger partial charge in [0.25, 0.3) is 0 Å². The van der Waals surface area contributed by atoms with Crippen LogP contribution in [0, 0.1) is 0 Å². The first-order valence-corrected chi connectivity index (χ1v) is 11.1. The molecule has 1 aromatic heterocycles. The number of nitrogens with one attached hydrogen (secondary N) is 2. The van der Waals surface area contributed by atoms with E-state index in [0.29, 0.717) is 18.5 Å². The number of ether oxygens (including phenoxy) is 1. The minimum atomic E-state index is -1.13. The van der Waals surface area contributed by atoms with Crippen LogP contribution in [0.15, 0.2) is 67.0 Å². The normalized spacial score (nSPS) is 15.1. The fourth-order valence-electron chi connectivity index (χ4n) is 4.49. The van der Waals surface area contributed by atoms with Gasteiger partial charge in [0.05, 0.1) is 29.4 Å². The molecule has 0 radical (unpaired) electrons. The summed E-state index contributed by atoms with van der Waals surface area (Å²) in [6.45, 7) is 0.204. The Morgan fingerprint density at radius 3 is 2.26 bits per heavy atom. The number of carbonyl (C=O) groups is 3.